The third kappa shape index (κ3) is 3.27. The van der Waals surface area contributed by atoms with E-state index in [1.165, 1.54) is 12.5 Å². The number of benzene rings is 1. The Labute approximate surface area is 105 Å². The maximum Gasteiger partial charge on any atom is 0.305 e. The van der Waals surface area contributed by atoms with Crippen LogP contribution in [0.25, 0.3) is 10.9 Å². The van der Waals surface area contributed by atoms with Crippen molar-refractivity contribution in [1.29, 1.82) is 0 Å². The number of aromatic amines is 1. The van der Waals surface area contributed by atoms with Crippen LogP contribution in [0.2, 0.25) is 0 Å². The number of para-hydroxylation sites is 1. The number of ether oxygens (including phenoxy) is 1. The molecule has 2 rings (SSSR count). The van der Waals surface area contributed by atoms with Gasteiger partial charge in [-0.05, 0) is 24.3 Å². The fourth-order valence-electron chi connectivity index (χ4n) is 1.63. The van der Waals surface area contributed by atoms with Crippen LogP contribution in [0.3, 0.4) is 0 Å². The van der Waals surface area contributed by atoms with E-state index in [2.05, 4.69) is 27.9 Å². The van der Waals surface area contributed by atoms with Crippen molar-refractivity contribution in [3.8, 4) is 0 Å². The molecule has 0 atom stereocenters. The number of esters is 1. The molecule has 0 aliphatic carbocycles. The van der Waals surface area contributed by atoms with Gasteiger partial charge in [-0.3, -0.25) is 4.79 Å². The third-order valence-electron chi connectivity index (χ3n) is 2.52. The molecule has 0 bridgehead atoms. The first-order valence-electron chi connectivity index (χ1n) is 5.57. The summed E-state index contributed by atoms with van der Waals surface area (Å²) >= 11 is 1.74. The SMILES string of the molecule is COC(=O)CCCSc1cc2ccccc2[nH]1. The second kappa shape index (κ2) is 5.77. The Kier molecular flexibility index (Phi) is 4.09. The number of nitrogens with one attached hydrogen (secondary N) is 1. The molecular weight excluding hydrogens is 234 g/mol. The number of carbonyl (C=O) groups is 1. The predicted octanol–water partition coefficient (Wildman–Crippen LogP) is 3.21. The van der Waals surface area contributed by atoms with Crippen molar-refractivity contribution in [2.24, 2.45) is 0 Å². The lowest BCUT2D eigenvalue weighted by Crippen LogP contribution is -1.99. The number of methoxy groups -OCH3 is 1. The van der Waals surface area contributed by atoms with Gasteiger partial charge in [-0.1, -0.05) is 18.2 Å². The van der Waals surface area contributed by atoms with Crippen molar-refractivity contribution in [1.82, 2.24) is 4.98 Å². The second-order valence-corrected chi connectivity index (χ2v) is 4.89. The van der Waals surface area contributed by atoms with Gasteiger partial charge in [0.1, 0.15) is 0 Å². The Morgan fingerprint density at radius 3 is 3.00 bits per heavy atom. The maximum atomic E-state index is 10.9. The van der Waals surface area contributed by atoms with E-state index in [0.717, 1.165) is 22.7 Å². The topological polar surface area (TPSA) is 42.1 Å². The van der Waals surface area contributed by atoms with E-state index in [9.17, 15) is 4.79 Å². The zero-order valence-corrected chi connectivity index (χ0v) is 10.5. The molecule has 1 heterocycles. The van der Waals surface area contributed by atoms with Crippen molar-refractivity contribution in [2.75, 3.05) is 12.9 Å². The Hall–Kier alpha value is -1.42. The van der Waals surface area contributed by atoms with Gasteiger partial charge in [0, 0.05) is 17.3 Å². The maximum absolute atomic E-state index is 10.9. The molecule has 0 radical (unpaired) electrons. The number of H-pyrrole nitrogens is 1. The fraction of sp³-hybridized carbons (Fsp3) is 0.308. The second-order valence-electron chi connectivity index (χ2n) is 3.75. The van der Waals surface area contributed by atoms with Gasteiger partial charge in [0.15, 0.2) is 0 Å². The quantitative estimate of drug-likeness (QED) is 0.502. The first kappa shape index (κ1) is 12.0. The molecule has 0 aliphatic rings. The third-order valence-corrected chi connectivity index (χ3v) is 3.54. The van der Waals surface area contributed by atoms with Gasteiger partial charge in [-0.2, -0.15) is 0 Å². The molecule has 90 valence electrons. The van der Waals surface area contributed by atoms with Gasteiger partial charge < -0.3 is 9.72 Å². The normalized spacial score (nSPS) is 10.6. The summed E-state index contributed by atoms with van der Waals surface area (Å²) in [5.41, 5.74) is 1.16. The Balaban J connectivity index is 1.85. The van der Waals surface area contributed by atoms with E-state index in [0.29, 0.717) is 6.42 Å². The van der Waals surface area contributed by atoms with E-state index in [4.69, 9.17) is 0 Å². The highest BCUT2D eigenvalue weighted by Gasteiger charge is 2.02. The van der Waals surface area contributed by atoms with Gasteiger partial charge in [0.2, 0.25) is 0 Å². The Morgan fingerprint density at radius 2 is 2.24 bits per heavy atom. The van der Waals surface area contributed by atoms with Crippen LogP contribution in [0.5, 0.6) is 0 Å². The largest absolute Gasteiger partial charge is 0.469 e. The molecule has 1 N–H and O–H groups in total. The smallest absolute Gasteiger partial charge is 0.305 e. The molecule has 0 fully saturated rings. The molecule has 0 aliphatic heterocycles. The van der Waals surface area contributed by atoms with Crippen LogP contribution in [0.4, 0.5) is 0 Å². The summed E-state index contributed by atoms with van der Waals surface area (Å²) in [6.45, 7) is 0. The first-order valence-corrected chi connectivity index (χ1v) is 6.55. The molecule has 0 unspecified atom stereocenters. The summed E-state index contributed by atoms with van der Waals surface area (Å²) in [6, 6.07) is 10.3. The monoisotopic (exact) mass is 249 g/mol. The highest BCUT2D eigenvalue weighted by Crippen LogP contribution is 2.23. The minimum absolute atomic E-state index is 0.137. The van der Waals surface area contributed by atoms with E-state index in [1.807, 2.05) is 12.1 Å². The molecule has 1 aromatic heterocycles. The summed E-state index contributed by atoms with van der Waals surface area (Å²) in [7, 11) is 1.42. The zero-order chi connectivity index (χ0) is 12.1. The zero-order valence-electron chi connectivity index (χ0n) is 9.73. The van der Waals surface area contributed by atoms with Gasteiger partial charge in [-0.15, -0.1) is 11.8 Å². The molecule has 2 aromatic rings. The van der Waals surface area contributed by atoms with Gasteiger partial charge >= 0.3 is 5.97 Å². The lowest BCUT2D eigenvalue weighted by atomic mass is 10.3. The van der Waals surface area contributed by atoms with Crippen LogP contribution in [-0.2, 0) is 9.53 Å². The van der Waals surface area contributed by atoms with Crippen LogP contribution in [0.15, 0.2) is 35.4 Å². The lowest BCUT2D eigenvalue weighted by molar-refractivity contribution is -0.140. The van der Waals surface area contributed by atoms with Crippen molar-refractivity contribution in [3.63, 3.8) is 0 Å². The molecule has 17 heavy (non-hydrogen) atoms. The Bertz CT molecular complexity index is 474. The highest BCUT2D eigenvalue weighted by atomic mass is 32.2. The number of thioether (sulfide) groups is 1. The van der Waals surface area contributed by atoms with E-state index < -0.39 is 0 Å². The molecular formula is C13H15NO2S. The molecule has 4 heteroatoms. The number of aromatic nitrogens is 1. The number of hydrogen-bond donors (Lipinski definition) is 1. The van der Waals surface area contributed by atoms with Crippen LogP contribution in [-0.4, -0.2) is 23.8 Å². The van der Waals surface area contributed by atoms with E-state index in [1.54, 1.807) is 11.8 Å². The molecule has 0 saturated heterocycles. The number of fused-ring (bicyclic) bond motifs is 1. The summed E-state index contributed by atoms with van der Waals surface area (Å²) in [6.07, 6.45) is 1.33. The van der Waals surface area contributed by atoms with E-state index >= 15 is 0 Å². The summed E-state index contributed by atoms with van der Waals surface area (Å²) in [5, 5.41) is 2.37. The van der Waals surface area contributed by atoms with Crippen LogP contribution >= 0.6 is 11.8 Å². The average molecular weight is 249 g/mol. The van der Waals surface area contributed by atoms with Crippen molar-refractivity contribution >= 4 is 28.6 Å². The molecule has 0 amide bonds. The minimum atomic E-state index is -0.137. The van der Waals surface area contributed by atoms with Crippen molar-refractivity contribution in [3.05, 3.63) is 30.3 Å². The van der Waals surface area contributed by atoms with Gasteiger partial charge in [0.25, 0.3) is 0 Å². The number of hydrogen-bond acceptors (Lipinski definition) is 3. The molecule has 0 saturated carbocycles. The summed E-state index contributed by atoms with van der Waals surface area (Å²) < 4.78 is 4.59. The van der Waals surface area contributed by atoms with Gasteiger partial charge in [-0.25, -0.2) is 0 Å². The first-order chi connectivity index (χ1) is 8.29. The van der Waals surface area contributed by atoms with Crippen LogP contribution in [0.1, 0.15) is 12.8 Å². The standard InChI is InChI=1S/C13H15NO2S/c1-16-13(15)7-4-8-17-12-9-10-5-2-3-6-11(10)14-12/h2-3,5-6,9,14H,4,7-8H2,1H3. The fourth-order valence-corrected chi connectivity index (χ4v) is 2.53. The van der Waals surface area contributed by atoms with E-state index in [-0.39, 0.29) is 5.97 Å². The number of rotatable bonds is 5. The van der Waals surface area contributed by atoms with Crippen molar-refractivity contribution in [2.45, 2.75) is 17.9 Å². The summed E-state index contributed by atoms with van der Waals surface area (Å²) in [4.78, 5) is 14.3. The number of carbonyl (C=O) groups excluding carboxylic acids is 1. The van der Waals surface area contributed by atoms with Crippen LogP contribution in [0, 0.1) is 0 Å². The average Bonchev–Trinajstić information content (AvgIpc) is 2.76. The highest BCUT2D eigenvalue weighted by molar-refractivity contribution is 7.99. The molecule has 1 aromatic carbocycles. The van der Waals surface area contributed by atoms with Crippen LogP contribution < -0.4 is 0 Å². The lowest BCUT2D eigenvalue weighted by Gasteiger charge is -1.98. The predicted molar refractivity (Wildman–Crippen MR) is 70.3 cm³/mol. The van der Waals surface area contributed by atoms with Crippen molar-refractivity contribution < 1.29 is 9.53 Å². The Morgan fingerprint density at radius 1 is 1.41 bits per heavy atom. The molecule has 0 spiro atoms. The molecule has 3 nitrogen and oxygen atoms in total. The van der Waals surface area contributed by atoms with Gasteiger partial charge in [0.05, 0.1) is 12.1 Å². The summed E-state index contributed by atoms with van der Waals surface area (Å²) in [5.74, 6) is 0.782. The minimum Gasteiger partial charge on any atom is -0.469 e.